The average molecular weight is 332 g/mol. The Kier molecular flexibility index (Phi) is 5.19. The van der Waals surface area contributed by atoms with Gasteiger partial charge in [-0.15, -0.1) is 11.3 Å². The molecule has 7 heteroatoms. The third-order valence-corrected chi connectivity index (χ3v) is 4.69. The van der Waals surface area contributed by atoms with Crippen LogP contribution in [-0.4, -0.2) is 35.1 Å². The number of carbonyl (C=O) groups excluding carboxylic acids is 1. The third-order valence-electron chi connectivity index (χ3n) is 3.97. The molecule has 6 nitrogen and oxygen atoms in total. The number of anilines is 1. The van der Waals surface area contributed by atoms with Crippen molar-refractivity contribution in [2.45, 2.75) is 25.3 Å². The van der Waals surface area contributed by atoms with E-state index in [1.807, 2.05) is 17.5 Å². The van der Waals surface area contributed by atoms with E-state index in [-0.39, 0.29) is 11.9 Å². The number of nitrogen functional groups attached to an aromatic ring is 1. The molecule has 3 heterocycles. The Morgan fingerprint density at radius 3 is 2.96 bits per heavy atom. The molecule has 1 aliphatic heterocycles. The van der Waals surface area contributed by atoms with E-state index in [0.717, 1.165) is 12.1 Å². The number of aryl methyl sites for hydroxylation is 1. The maximum Gasteiger partial charge on any atom is 0.220 e. The molecule has 1 amide bonds. The summed E-state index contributed by atoms with van der Waals surface area (Å²) in [5, 5.41) is 5.53. The average Bonchev–Trinajstić information content (AvgIpc) is 3.16. The number of rotatable bonds is 6. The molecule has 2 aromatic heterocycles. The number of carbonyl (C=O) groups is 1. The molecule has 23 heavy (non-hydrogen) atoms. The predicted molar refractivity (Wildman–Crippen MR) is 89.0 cm³/mol. The standard InChI is InChI=1S/C16H20N4O2S/c17-16-19-13(10-23-16)1-2-15(21)20-14-9-22-8-12(14)7-11-3-5-18-6-4-11/h3-6,10,12,14H,1-2,7-9H2,(H2,17,19)(H,20,21)/t12-,14-/m1/s1. The second-order valence-corrected chi connectivity index (χ2v) is 6.60. The van der Waals surface area contributed by atoms with Crippen LogP contribution in [0.25, 0.3) is 0 Å². The van der Waals surface area contributed by atoms with Crippen LogP contribution in [0.3, 0.4) is 0 Å². The van der Waals surface area contributed by atoms with Crippen molar-refractivity contribution in [2.24, 2.45) is 5.92 Å². The molecule has 2 aromatic rings. The first kappa shape index (κ1) is 15.9. The van der Waals surface area contributed by atoms with Crippen LogP contribution in [0.15, 0.2) is 29.9 Å². The Balaban J connectivity index is 1.48. The molecule has 1 aliphatic rings. The molecular formula is C16H20N4O2S. The molecule has 3 rings (SSSR count). The van der Waals surface area contributed by atoms with E-state index in [9.17, 15) is 4.79 Å². The molecule has 3 N–H and O–H groups in total. The molecule has 0 aromatic carbocycles. The Labute approximate surface area is 139 Å². The highest BCUT2D eigenvalue weighted by Gasteiger charge is 2.29. The van der Waals surface area contributed by atoms with E-state index in [1.54, 1.807) is 12.4 Å². The van der Waals surface area contributed by atoms with Gasteiger partial charge in [0.25, 0.3) is 0 Å². The minimum atomic E-state index is 0.0341. The lowest BCUT2D eigenvalue weighted by Crippen LogP contribution is -2.40. The molecule has 0 aliphatic carbocycles. The largest absolute Gasteiger partial charge is 0.379 e. The van der Waals surface area contributed by atoms with Gasteiger partial charge in [0.15, 0.2) is 5.13 Å². The summed E-state index contributed by atoms with van der Waals surface area (Å²) in [7, 11) is 0. The summed E-state index contributed by atoms with van der Waals surface area (Å²) in [4.78, 5) is 20.3. The van der Waals surface area contributed by atoms with Gasteiger partial charge in [-0.3, -0.25) is 9.78 Å². The van der Waals surface area contributed by atoms with E-state index in [4.69, 9.17) is 10.5 Å². The molecule has 0 bridgehead atoms. The van der Waals surface area contributed by atoms with Crippen molar-refractivity contribution < 1.29 is 9.53 Å². The van der Waals surface area contributed by atoms with Crippen LogP contribution < -0.4 is 11.1 Å². The zero-order valence-electron chi connectivity index (χ0n) is 12.8. The van der Waals surface area contributed by atoms with Gasteiger partial charge in [0.1, 0.15) is 0 Å². The lowest BCUT2D eigenvalue weighted by molar-refractivity contribution is -0.122. The number of nitrogens with zero attached hydrogens (tertiary/aromatic N) is 2. The third kappa shape index (κ3) is 4.49. The minimum Gasteiger partial charge on any atom is -0.379 e. The van der Waals surface area contributed by atoms with Gasteiger partial charge in [-0.05, 0) is 30.5 Å². The van der Waals surface area contributed by atoms with E-state index in [2.05, 4.69) is 15.3 Å². The summed E-state index contributed by atoms with van der Waals surface area (Å²) in [6.07, 6.45) is 5.50. The van der Waals surface area contributed by atoms with Crippen LogP contribution >= 0.6 is 11.3 Å². The van der Waals surface area contributed by atoms with Crippen LogP contribution in [0.2, 0.25) is 0 Å². The van der Waals surface area contributed by atoms with E-state index in [1.165, 1.54) is 16.9 Å². The summed E-state index contributed by atoms with van der Waals surface area (Å²) in [5.74, 6) is 0.336. The molecule has 0 radical (unpaired) electrons. The molecular weight excluding hydrogens is 312 g/mol. The molecule has 0 saturated carbocycles. The first-order valence-corrected chi connectivity index (χ1v) is 8.54. The van der Waals surface area contributed by atoms with Crippen molar-refractivity contribution in [1.29, 1.82) is 0 Å². The molecule has 0 spiro atoms. The maximum atomic E-state index is 12.1. The molecule has 122 valence electrons. The second kappa shape index (κ2) is 7.52. The quantitative estimate of drug-likeness (QED) is 0.835. The number of ether oxygens (including phenoxy) is 1. The van der Waals surface area contributed by atoms with Crippen molar-refractivity contribution in [3.63, 3.8) is 0 Å². The van der Waals surface area contributed by atoms with Gasteiger partial charge >= 0.3 is 0 Å². The zero-order chi connectivity index (χ0) is 16.1. The first-order chi connectivity index (χ1) is 11.2. The van der Waals surface area contributed by atoms with Gasteiger partial charge in [0.2, 0.25) is 5.91 Å². The van der Waals surface area contributed by atoms with Gasteiger partial charge < -0.3 is 15.8 Å². The van der Waals surface area contributed by atoms with Crippen LogP contribution in [0.5, 0.6) is 0 Å². The lowest BCUT2D eigenvalue weighted by atomic mass is 9.95. The van der Waals surface area contributed by atoms with Gasteiger partial charge in [-0.25, -0.2) is 4.98 Å². The highest BCUT2D eigenvalue weighted by Crippen LogP contribution is 2.19. The van der Waals surface area contributed by atoms with E-state index < -0.39 is 0 Å². The normalized spacial score (nSPS) is 20.5. The fourth-order valence-electron chi connectivity index (χ4n) is 2.74. The molecule has 2 atom stereocenters. The molecule has 1 saturated heterocycles. The summed E-state index contributed by atoms with van der Waals surface area (Å²) in [6.45, 7) is 1.25. The van der Waals surface area contributed by atoms with Crippen molar-refractivity contribution in [3.05, 3.63) is 41.2 Å². The number of nitrogens with two attached hydrogens (primary N) is 1. The number of pyridine rings is 1. The van der Waals surface area contributed by atoms with Crippen molar-refractivity contribution in [3.8, 4) is 0 Å². The minimum absolute atomic E-state index is 0.0341. The number of hydrogen-bond acceptors (Lipinski definition) is 6. The summed E-state index contributed by atoms with van der Waals surface area (Å²) in [5.41, 5.74) is 7.68. The summed E-state index contributed by atoms with van der Waals surface area (Å²) >= 11 is 1.40. The van der Waals surface area contributed by atoms with Gasteiger partial charge in [0.05, 0.1) is 24.9 Å². The Hall–Kier alpha value is -1.99. The first-order valence-electron chi connectivity index (χ1n) is 7.66. The number of aromatic nitrogens is 2. The zero-order valence-corrected chi connectivity index (χ0v) is 13.6. The Morgan fingerprint density at radius 2 is 2.22 bits per heavy atom. The van der Waals surface area contributed by atoms with Gasteiger partial charge in [-0.1, -0.05) is 0 Å². The Morgan fingerprint density at radius 1 is 1.39 bits per heavy atom. The lowest BCUT2D eigenvalue weighted by Gasteiger charge is -2.19. The van der Waals surface area contributed by atoms with Crippen LogP contribution in [0.4, 0.5) is 5.13 Å². The fraction of sp³-hybridized carbons (Fsp3) is 0.438. The van der Waals surface area contributed by atoms with Crippen LogP contribution in [0, 0.1) is 5.92 Å². The van der Waals surface area contributed by atoms with Crippen molar-refractivity contribution in [1.82, 2.24) is 15.3 Å². The maximum absolute atomic E-state index is 12.1. The predicted octanol–water partition coefficient (Wildman–Crippen LogP) is 1.43. The Bertz CT molecular complexity index is 647. The monoisotopic (exact) mass is 332 g/mol. The molecule has 1 fully saturated rings. The van der Waals surface area contributed by atoms with E-state index in [0.29, 0.717) is 37.1 Å². The summed E-state index contributed by atoms with van der Waals surface area (Å²) < 4.78 is 5.55. The SMILES string of the molecule is Nc1nc(CCC(=O)N[C@@H]2COC[C@H]2Cc2ccncc2)cs1. The van der Waals surface area contributed by atoms with Crippen LogP contribution in [0.1, 0.15) is 17.7 Å². The topological polar surface area (TPSA) is 90.1 Å². The second-order valence-electron chi connectivity index (χ2n) is 5.71. The number of amides is 1. The van der Waals surface area contributed by atoms with E-state index >= 15 is 0 Å². The highest BCUT2D eigenvalue weighted by atomic mass is 32.1. The van der Waals surface area contributed by atoms with Crippen molar-refractivity contribution >= 4 is 22.4 Å². The fourth-order valence-corrected chi connectivity index (χ4v) is 3.34. The van der Waals surface area contributed by atoms with Crippen molar-refractivity contribution in [2.75, 3.05) is 18.9 Å². The van der Waals surface area contributed by atoms with Gasteiger partial charge in [0, 0.05) is 30.1 Å². The van der Waals surface area contributed by atoms with Gasteiger partial charge in [-0.2, -0.15) is 0 Å². The number of nitrogens with one attached hydrogen (secondary N) is 1. The van der Waals surface area contributed by atoms with Crippen LogP contribution in [-0.2, 0) is 22.4 Å². The molecule has 0 unspecified atom stereocenters. The smallest absolute Gasteiger partial charge is 0.220 e. The summed E-state index contributed by atoms with van der Waals surface area (Å²) in [6, 6.07) is 4.07. The number of thiazole rings is 1. The highest BCUT2D eigenvalue weighted by molar-refractivity contribution is 7.13. The number of hydrogen-bond donors (Lipinski definition) is 2.